The Kier molecular flexibility index (Phi) is 6.73. The highest BCUT2D eigenvalue weighted by atomic mass is 32.2. The van der Waals surface area contributed by atoms with Gasteiger partial charge in [-0.1, -0.05) is 30.3 Å². The Bertz CT molecular complexity index is 929. The zero-order valence-corrected chi connectivity index (χ0v) is 17.1. The second kappa shape index (κ2) is 9.25. The van der Waals surface area contributed by atoms with E-state index in [0.717, 1.165) is 11.4 Å². The van der Waals surface area contributed by atoms with Gasteiger partial charge in [-0.15, -0.1) is 0 Å². The van der Waals surface area contributed by atoms with E-state index in [-0.39, 0.29) is 12.3 Å². The van der Waals surface area contributed by atoms with Gasteiger partial charge in [0, 0.05) is 31.9 Å². The summed E-state index contributed by atoms with van der Waals surface area (Å²) in [6, 6.07) is 16.6. The number of nitrogens with two attached hydrogens (primary N) is 1. The maximum absolute atomic E-state index is 12.4. The molecule has 1 amide bonds. The van der Waals surface area contributed by atoms with Crippen LogP contribution in [0.3, 0.4) is 0 Å². The van der Waals surface area contributed by atoms with Gasteiger partial charge in [-0.25, -0.2) is 13.6 Å². The zero-order valence-electron chi connectivity index (χ0n) is 16.3. The van der Waals surface area contributed by atoms with E-state index in [0.29, 0.717) is 31.9 Å². The Labute approximate surface area is 171 Å². The molecule has 1 atom stereocenters. The largest absolute Gasteiger partial charge is 0.495 e. The molecule has 1 aliphatic heterocycles. The molecule has 8 nitrogen and oxygen atoms in total. The third-order valence-electron chi connectivity index (χ3n) is 4.94. The summed E-state index contributed by atoms with van der Waals surface area (Å²) in [6.07, 6.45) is -0.220. The molecule has 0 aliphatic carbocycles. The van der Waals surface area contributed by atoms with E-state index in [4.69, 9.17) is 9.88 Å². The highest BCUT2D eigenvalue weighted by Crippen LogP contribution is 2.29. The van der Waals surface area contributed by atoms with Crippen LogP contribution in [-0.4, -0.2) is 57.9 Å². The molecule has 2 aromatic rings. The van der Waals surface area contributed by atoms with Crippen LogP contribution in [0.2, 0.25) is 0 Å². The average molecular weight is 419 g/mol. The number of hydrogen-bond donors (Lipinski definition) is 2. The van der Waals surface area contributed by atoms with Gasteiger partial charge in [0.15, 0.2) is 0 Å². The number of benzene rings is 2. The summed E-state index contributed by atoms with van der Waals surface area (Å²) < 4.78 is 29.8. The molecule has 0 aromatic heterocycles. The molecule has 9 heteroatoms. The molecule has 3 N–H and O–H groups in total. The molecular formula is C20H26N4O4S. The van der Waals surface area contributed by atoms with Crippen molar-refractivity contribution < 1.29 is 17.9 Å². The summed E-state index contributed by atoms with van der Waals surface area (Å²) >= 11 is 0. The van der Waals surface area contributed by atoms with Crippen LogP contribution in [0.4, 0.5) is 11.4 Å². The van der Waals surface area contributed by atoms with E-state index in [1.807, 2.05) is 30.3 Å². The topological polar surface area (TPSA) is 105 Å². The van der Waals surface area contributed by atoms with Crippen LogP contribution in [0, 0.1) is 0 Å². The number of methoxy groups -OCH3 is 1. The highest BCUT2D eigenvalue weighted by molar-refractivity contribution is 7.89. The Morgan fingerprint density at radius 1 is 1.07 bits per heavy atom. The van der Waals surface area contributed by atoms with Crippen LogP contribution in [0.15, 0.2) is 54.6 Å². The van der Waals surface area contributed by atoms with Crippen molar-refractivity contribution in [2.45, 2.75) is 11.8 Å². The quantitative estimate of drug-likeness (QED) is 0.705. The smallest absolute Gasteiger partial charge is 0.227 e. The lowest BCUT2D eigenvalue weighted by Gasteiger charge is -2.39. The molecule has 0 bridgehead atoms. The Hall–Kier alpha value is -2.62. The van der Waals surface area contributed by atoms with Crippen molar-refractivity contribution in [1.82, 2.24) is 4.90 Å². The Morgan fingerprint density at radius 3 is 2.31 bits per heavy atom. The SMILES string of the molecule is COc1ccccc1N1CCN(C(CC(=O)Nc2ccccc2)S(N)(=O)=O)CC1. The van der Waals surface area contributed by atoms with Crippen LogP contribution < -0.4 is 20.1 Å². The first-order chi connectivity index (χ1) is 13.9. The molecule has 1 fully saturated rings. The fourth-order valence-corrected chi connectivity index (χ4v) is 4.50. The van der Waals surface area contributed by atoms with Crippen LogP contribution in [-0.2, 0) is 14.8 Å². The summed E-state index contributed by atoms with van der Waals surface area (Å²) in [4.78, 5) is 16.3. The van der Waals surface area contributed by atoms with Crippen molar-refractivity contribution in [3.8, 4) is 5.75 Å². The third-order valence-corrected chi connectivity index (χ3v) is 6.17. The highest BCUT2D eigenvalue weighted by Gasteiger charge is 2.33. The predicted molar refractivity (Wildman–Crippen MR) is 113 cm³/mol. The number of ether oxygens (including phenoxy) is 1. The number of rotatable bonds is 7. The van der Waals surface area contributed by atoms with Gasteiger partial charge in [0.2, 0.25) is 15.9 Å². The van der Waals surface area contributed by atoms with Gasteiger partial charge in [0.25, 0.3) is 0 Å². The number of piperazine rings is 1. The van der Waals surface area contributed by atoms with Gasteiger partial charge in [0.1, 0.15) is 11.1 Å². The van der Waals surface area contributed by atoms with E-state index < -0.39 is 15.4 Å². The average Bonchev–Trinajstić information content (AvgIpc) is 2.72. The molecule has 0 saturated carbocycles. The number of carbonyl (C=O) groups excluding carboxylic acids is 1. The number of para-hydroxylation sites is 3. The standard InChI is InChI=1S/C20H26N4O4S/c1-28-18-10-6-5-9-17(18)23-11-13-24(14-12-23)20(29(21,26)27)15-19(25)22-16-7-3-2-4-8-16/h2-10,20H,11-15H2,1H3,(H,22,25)(H2,21,26,27). The molecule has 0 radical (unpaired) electrons. The van der Waals surface area contributed by atoms with Crippen molar-refractivity contribution in [1.29, 1.82) is 0 Å². The number of anilines is 2. The van der Waals surface area contributed by atoms with Gasteiger partial charge in [-0.2, -0.15) is 0 Å². The number of hydrogen-bond acceptors (Lipinski definition) is 6. The van der Waals surface area contributed by atoms with E-state index in [1.165, 1.54) is 0 Å². The normalized spacial score (nSPS) is 16.3. The second-order valence-corrected chi connectivity index (χ2v) is 8.58. The summed E-state index contributed by atoms with van der Waals surface area (Å²) in [5.41, 5.74) is 1.58. The van der Waals surface area contributed by atoms with Crippen LogP contribution in [0.25, 0.3) is 0 Å². The second-order valence-electron chi connectivity index (χ2n) is 6.86. The summed E-state index contributed by atoms with van der Waals surface area (Å²) in [5.74, 6) is 0.383. The lowest BCUT2D eigenvalue weighted by molar-refractivity contribution is -0.116. The number of nitrogens with zero attached hydrogens (tertiary/aromatic N) is 2. The lowest BCUT2D eigenvalue weighted by Crippen LogP contribution is -2.54. The molecule has 2 aromatic carbocycles. The number of carbonyl (C=O) groups is 1. The first-order valence-electron chi connectivity index (χ1n) is 9.37. The molecule has 1 heterocycles. The van der Waals surface area contributed by atoms with Crippen molar-refractivity contribution >= 4 is 27.3 Å². The van der Waals surface area contributed by atoms with Crippen molar-refractivity contribution in [2.24, 2.45) is 5.14 Å². The first kappa shape index (κ1) is 21.1. The number of nitrogens with one attached hydrogen (secondary N) is 1. The molecule has 1 aliphatic rings. The lowest BCUT2D eigenvalue weighted by atomic mass is 10.2. The van der Waals surface area contributed by atoms with Gasteiger partial charge in [-0.05, 0) is 24.3 Å². The van der Waals surface area contributed by atoms with Crippen molar-refractivity contribution in [2.75, 3.05) is 43.5 Å². The van der Waals surface area contributed by atoms with E-state index >= 15 is 0 Å². The fraction of sp³-hybridized carbons (Fsp3) is 0.350. The van der Waals surface area contributed by atoms with E-state index in [1.54, 1.807) is 36.3 Å². The molecular weight excluding hydrogens is 392 g/mol. The summed E-state index contributed by atoms with van der Waals surface area (Å²) in [5, 5.41) is 7.12. The van der Waals surface area contributed by atoms with Crippen molar-refractivity contribution in [3.05, 3.63) is 54.6 Å². The molecule has 0 spiro atoms. The minimum atomic E-state index is -3.92. The molecule has 1 unspecified atom stereocenters. The number of sulfonamides is 1. The first-order valence-corrected chi connectivity index (χ1v) is 11.0. The van der Waals surface area contributed by atoms with Crippen molar-refractivity contribution in [3.63, 3.8) is 0 Å². The molecule has 1 saturated heterocycles. The van der Waals surface area contributed by atoms with E-state index in [9.17, 15) is 13.2 Å². The maximum Gasteiger partial charge on any atom is 0.227 e. The minimum Gasteiger partial charge on any atom is -0.495 e. The predicted octanol–water partition coefficient (Wildman–Crippen LogP) is 1.46. The van der Waals surface area contributed by atoms with Crippen LogP contribution in [0.1, 0.15) is 6.42 Å². The molecule has 29 heavy (non-hydrogen) atoms. The van der Waals surface area contributed by atoms with Gasteiger partial charge in [0.05, 0.1) is 19.2 Å². The van der Waals surface area contributed by atoms with Gasteiger partial charge < -0.3 is 15.0 Å². The molecule has 3 rings (SSSR count). The minimum absolute atomic E-state index is 0.220. The van der Waals surface area contributed by atoms with Gasteiger partial charge in [-0.3, -0.25) is 9.69 Å². The summed E-state index contributed by atoms with van der Waals surface area (Å²) in [6.45, 7) is 2.15. The monoisotopic (exact) mass is 418 g/mol. The molecule has 156 valence electrons. The number of amides is 1. The summed E-state index contributed by atoms with van der Waals surface area (Å²) in [7, 11) is -2.30. The number of primary sulfonamides is 1. The van der Waals surface area contributed by atoms with Crippen LogP contribution >= 0.6 is 0 Å². The van der Waals surface area contributed by atoms with E-state index in [2.05, 4.69) is 10.2 Å². The van der Waals surface area contributed by atoms with Crippen LogP contribution in [0.5, 0.6) is 5.75 Å². The Balaban J connectivity index is 1.66. The zero-order chi connectivity index (χ0) is 20.9. The maximum atomic E-state index is 12.4. The van der Waals surface area contributed by atoms with Gasteiger partial charge >= 0.3 is 0 Å². The third kappa shape index (κ3) is 5.47. The fourth-order valence-electron chi connectivity index (χ4n) is 3.49. The Morgan fingerprint density at radius 2 is 1.69 bits per heavy atom.